The monoisotopic (exact) mass is 299 g/mol. The highest BCUT2D eigenvalue weighted by Gasteiger charge is 2.30. The number of fused-ring (bicyclic) bond motifs is 1. The predicted molar refractivity (Wildman–Crippen MR) is 83.7 cm³/mol. The molecule has 0 aliphatic carbocycles. The van der Waals surface area contributed by atoms with E-state index in [0.717, 1.165) is 30.8 Å². The zero-order valence-electron chi connectivity index (χ0n) is 13.1. The normalized spacial score (nSPS) is 16.8. The Morgan fingerprint density at radius 3 is 3.00 bits per heavy atom. The molecule has 1 aliphatic rings. The molecule has 5 heteroatoms. The summed E-state index contributed by atoms with van der Waals surface area (Å²) in [5, 5.41) is 3.92. The number of hydrogen-bond acceptors (Lipinski definition) is 4. The molecule has 1 atom stereocenters. The van der Waals surface area contributed by atoms with E-state index in [0.29, 0.717) is 18.7 Å². The molecule has 0 spiro atoms. The van der Waals surface area contributed by atoms with Crippen LogP contribution in [0.2, 0.25) is 0 Å². The highest BCUT2D eigenvalue weighted by atomic mass is 16.5. The molecule has 0 saturated heterocycles. The van der Waals surface area contributed by atoms with Crippen LogP contribution in [0.3, 0.4) is 0 Å². The summed E-state index contributed by atoms with van der Waals surface area (Å²) in [7, 11) is 0. The molecule has 3 rings (SSSR count). The molecule has 1 amide bonds. The zero-order valence-corrected chi connectivity index (χ0v) is 13.1. The fourth-order valence-electron chi connectivity index (χ4n) is 3.00. The summed E-state index contributed by atoms with van der Waals surface area (Å²) in [6.07, 6.45) is 3.62. The van der Waals surface area contributed by atoms with Crippen LogP contribution < -0.4 is 4.90 Å². The van der Waals surface area contributed by atoms with Gasteiger partial charge in [-0.25, -0.2) is 0 Å². The van der Waals surface area contributed by atoms with E-state index in [9.17, 15) is 4.79 Å². The van der Waals surface area contributed by atoms with Crippen molar-refractivity contribution >= 4 is 11.6 Å². The van der Waals surface area contributed by atoms with Crippen molar-refractivity contribution in [3.05, 3.63) is 41.5 Å². The van der Waals surface area contributed by atoms with Crippen LogP contribution >= 0.6 is 0 Å². The minimum atomic E-state index is 0.118. The fourth-order valence-corrected chi connectivity index (χ4v) is 3.00. The summed E-state index contributed by atoms with van der Waals surface area (Å²) in [6, 6.07) is 8.32. The Morgan fingerprint density at radius 2 is 2.18 bits per heavy atom. The van der Waals surface area contributed by atoms with E-state index in [-0.39, 0.29) is 11.9 Å². The van der Waals surface area contributed by atoms with Gasteiger partial charge in [0, 0.05) is 31.0 Å². The third-order valence-corrected chi connectivity index (χ3v) is 4.01. The average Bonchev–Trinajstić information content (AvgIpc) is 3.08. The van der Waals surface area contributed by atoms with Gasteiger partial charge in [0.1, 0.15) is 0 Å². The topological polar surface area (TPSA) is 59.2 Å². The Hall–Kier alpha value is -2.17. The van der Waals surface area contributed by atoms with Crippen LogP contribution in [-0.2, 0) is 24.1 Å². The maximum Gasteiger partial charge on any atom is 0.227 e. The number of nitrogens with zero attached hydrogens (tertiary/aromatic N) is 3. The quantitative estimate of drug-likeness (QED) is 0.851. The molecule has 0 unspecified atom stereocenters. The molecular weight excluding hydrogens is 278 g/mol. The Bertz CT molecular complexity index is 665. The number of benzene rings is 1. The first kappa shape index (κ1) is 14.8. The Morgan fingerprint density at radius 1 is 1.36 bits per heavy atom. The second-order valence-corrected chi connectivity index (χ2v) is 5.80. The molecule has 22 heavy (non-hydrogen) atoms. The van der Waals surface area contributed by atoms with Gasteiger partial charge in [0.25, 0.3) is 0 Å². The molecule has 0 N–H and O–H groups in total. The smallest absolute Gasteiger partial charge is 0.227 e. The number of aromatic nitrogens is 2. The van der Waals surface area contributed by atoms with Gasteiger partial charge in [-0.15, -0.1) is 0 Å². The average molecular weight is 299 g/mol. The van der Waals surface area contributed by atoms with Crippen LogP contribution in [0.1, 0.15) is 44.0 Å². The van der Waals surface area contributed by atoms with Crippen LogP contribution in [0.5, 0.6) is 0 Å². The SMILES string of the molecule is CCCc1noc(CCC(=O)N2c3ccccc3C[C@H]2C)n1. The number of amides is 1. The molecule has 1 aromatic heterocycles. The summed E-state index contributed by atoms with van der Waals surface area (Å²) in [5.41, 5.74) is 2.28. The number of para-hydroxylation sites is 1. The first-order chi connectivity index (χ1) is 10.7. The van der Waals surface area contributed by atoms with E-state index in [1.807, 2.05) is 23.1 Å². The number of carbonyl (C=O) groups excluding carboxylic acids is 1. The van der Waals surface area contributed by atoms with Crippen LogP contribution in [0.4, 0.5) is 5.69 Å². The predicted octanol–water partition coefficient (Wildman–Crippen LogP) is 2.93. The van der Waals surface area contributed by atoms with Gasteiger partial charge < -0.3 is 9.42 Å². The van der Waals surface area contributed by atoms with Crippen molar-refractivity contribution in [3.63, 3.8) is 0 Å². The molecular formula is C17H21N3O2. The van der Waals surface area contributed by atoms with Crippen LogP contribution in [0.15, 0.2) is 28.8 Å². The minimum Gasteiger partial charge on any atom is -0.339 e. The third-order valence-electron chi connectivity index (χ3n) is 4.01. The summed E-state index contributed by atoms with van der Waals surface area (Å²) >= 11 is 0. The van der Waals surface area contributed by atoms with E-state index < -0.39 is 0 Å². The fraction of sp³-hybridized carbons (Fsp3) is 0.471. The van der Waals surface area contributed by atoms with Gasteiger partial charge in [-0.2, -0.15) is 4.98 Å². The molecule has 2 aromatic rings. The van der Waals surface area contributed by atoms with Crippen molar-refractivity contribution in [1.82, 2.24) is 10.1 Å². The highest BCUT2D eigenvalue weighted by Crippen LogP contribution is 2.32. The van der Waals surface area contributed by atoms with E-state index in [1.54, 1.807) is 0 Å². The summed E-state index contributed by atoms with van der Waals surface area (Å²) in [4.78, 5) is 18.8. The van der Waals surface area contributed by atoms with Gasteiger partial charge >= 0.3 is 0 Å². The van der Waals surface area contributed by atoms with Crippen LogP contribution in [-0.4, -0.2) is 22.1 Å². The molecule has 0 saturated carbocycles. The third kappa shape index (κ3) is 2.89. The molecule has 0 bridgehead atoms. The van der Waals surface area contributed by atoms with Gasteiger partial charge in [-0.05, 0) is 31.4 Å². The lowest BCUT2D eigenvalue weighted by Crippen LogP contribution is -2.35. The van der Waals surface area contributed by atoms with E-state index in [1.165, 1.54) is 5.56 Å². The van der Waals surface area contributed by atoms with Crippen LogP contribution in [0.25, 0.3) is 0 Å². The number of anilines is 1. The molecule has 1 aliphatic heterocycles. The summed E-state index contributed by atoms with van der Waals surface area (Å²) in [5.74, 6) is 1.40. The minimum absolute atomic E-state index is 0.118. The standard InChI is InChI=1S/C17H21N3O2/c1-3-6-15-18-16(22-19-15)9-10-17(21)20-12(2)11-13-7-4-5-8-14(13)20/h4-5,7-8,12H,3,6,9-11H2,1-2H3/t12-/m1/s1. The van der Waals surface area contributed by atoms with Gasteiger partial charge in [0.15, 0.2) is 5.82 Å². The molecule has 5 nitrogen and oxygen atoms in total. The lowest BCUT2D eigenvalue weighted by molar-refractivity contribution is -0.118. The maximum absolute atomic E-state index is 12.6. The summed E-state index contributed by atoms with van der Waals surface area (Å²) in [6.45, 7) is 4.16. The van der Waals surface area contributed by atoms with Crippen molar-refractivity contribution in [3.8, 4) is 0 Å². The Labute approximate surface area is 130 Å². The number of aryl methyl sites for hydroxylation is 2. The molecule has 0 radical (unpaired) electrons. The molecule has 1 aromatic carbocycles. The van der Waals surface area contributed by atoms with E-state index in [4.69, 9.17) is 4.52 Å². The lowest BCUT2D eigenvalue weighted by Gasteiger charge is -2.22. The highest BCUT2D eigenvalue weighted by molar-refractivity contribution is 5.96. The van der Waals surface area contributed by atoms with Crippen molar-refractivity contribution in [1.29, 1.82) is 0 Å². The van der Waals surface area contributed by atoms with Gasteiger partial charge in [0.2, 0.25) is 11.8 Å². The van der Waals surface area contributed by atoms with Crippen molar-refractivity contribution in [2.24, 2.45) is 0 Å². The molecule has 116 valence electrons. The summed E-state index contributed by atoms with van der Waals surface area (Å²) < 4.78 is 5.19. The number of carbonyl (C=O) groups is 1. The van der Waals surface area contributed by atoms with E-state index >= 15 is 0 Å². The van der Waals surface area contributed by atoms with Gasteiger partial charge in [-0.1, -0.05) is 30.3 Å². The Balaban J connectivity index is 1.64. The first-order valence-electron chi connectivity index (χ1n) is 7.90. The maximum atomic E-state index is 12.6. The van der Waals surface area contributed by atoms with Crippen LogP contribution in [0, 0.1) is 0 Å². The Kier molecular flexibility index (Phi) is 4.22. The number of rotatable bonds is 5. The molecule has 2 heterocycles. The largest absolute Gasteiger partial charge is 0.339 e. The zero-order chi connectivity index (χ0) is 15.5. The van der Waals surface area contributed by atoms with Gasteiger partial charge in [0.05, 0.1) is 0 Å². The lowest BCUT2D eigenvalue weighted by atomic mass is 10.1. The van der Waals surface area contributed by atoms with Crippen molar-refractivity contribution in [2.75, 3.05) is 4.90 Å². The van der Waals surface area contributed by atoms with Crippen molar-refractivity contribution in [2.45, 2.75) is 52.0 Å². The van der Waals surface area contributed by atoms with E-state index in [2.05, 4.69) is 30.1 Å². The second-order valence-electron chi connectivity index (χ2n) is 5.80. The van der Waals surface area contributed by atoms with Gasteiger partial charge in [-0.3, -0.25) is 4.79 Å². The van der Waals surface area contributed by atoms with Crippen molar-refractivity contribution < 1.29 is 9.32 Å². The second kappa shape index (κ2) is 6.30. The first-order valence-corrected chi connectivity index (χ1v) is 7.90. The molecule has 0 fully saturated rings. The number of hydrogen-bond donors (Lipinski definition) is 0.